The van der Waals surface area contributed by atoms with Crippen molar-refractivity contribution in [3.63, 3.8) is 0 Å². The van der Waals surface area contributed by atoms with Gasteiger partial charge in [0.1, 0.15) is 17.7 Å². The standard InChI is InChI=1S/C22H20F2N4O3/c1-12-4-5-15(8-20(12)25-14(3)29)19-6-7-21(30)28(27-19)13(2)22(31)26-18-10-16(23)9-17(24)11-18/h4-11,13H,1-3H3,(H,25,29)(H,26,31). The third-order valence-electron chi connectivity index (χ3n) is 4.55. The molecule has 7 nitrogen and oxygen atoms in total. The number of benzene rings is 2. The molecule has 0 fully saturated rings. The Bertz CT molecular complexity index is 1200. The summed E-state index contributed by atoms with van der Waals surface area (Å²) in [4.78, 5) is 36.3. The number of aromatic nitrogens is 2. The second-order valence-electron chi connectivity index (χ2n) is 7.04. The SMILES string of the molecule is CC(=O)Nc1cc(-c2ccc(=O)n(C(C)C(=O)Nc3cc(F)cc(F)c3)n2)ccc1C. The number of rotatable bonds is 5. The van der Waals surface area contributed by atoms with Gasteiger partial charge in [0.05, 0.1) is 5.69 Å². The fourth-order valence-electron chi connectivity index (χ4n) is 2.95. The molecule has 1 atom stereocenters. The molecule has 31 heavy (non-hydrogen) atoms. The van der Waals surface area contributed by atoms with Crippen molar-refractivity contribution < 1.29 is 18.4 Å². The zero-order valence-corrected chi connectivity index (χ0v) is 17.1. The van der Waals surface area contributed by atoms with Crippen molar-refractivity contribution >= 4 is 23.2 Å². The molecule has 160 valence electrons. The lowest BCUT2D eigenvalue weighted by molar-refractivity contribution is -0.119. The summed E-state index contributed by atoms with van der Waals surface area (Å²) in [6.07, 6.45) is 0. The third kappa shape index (κ3) is 5.19. The molecule has 0 saturated carbocycles. The van der Waals surface area contributed by atoms with Crippen molar-refractivity contribution in [1.82, 2.24) is 9.78 Å². The number of nitrogens with one attached hydrogen (secondary N) is 2. The van der Waals surface area contributed by atoms with Gasteiger partial charge in [-0.15, -0.1) is 0 Å². The van der Waals surface area contributed by atoms with Crippen LogP contribution in [0.25, 0.3) is 11.3 Å². The van der Waals surface area contributed by atoms with Crippen molar-refractivity contribution in [3.05, 3.63) is 76.1 Å². The molecule has 2 N–H and O–H groups in total. The van der Waals surface area contributed by atoms with Crippen LogP contribution in [0.5, 0.6) is 0 Å². The van der Waals surface area contributed by atoms with Crippen LogP contribution < -0.4 is 16.2 Å². The molecule has 0 spiro atoms. The second-order valence-corrected chi connectivity index (χ2v) is 7.04. The number of carbonyl (C=O) groups excluding carboxylic acids is 2. The van der Waals surface area contributed by atoms with E-state index in [2.05, 4.69) is 15.7 Å². The summed E-state index contributed by atoms with van der Waals surface area (Å²) in [5.41, 5.74) is 1.89. The molecule has 0 saturated heterocycles. The smallest absolute Gasteiger partial charge is 0.267 e. The van der Waals surface area contributed by atoms with Crippen LogP contribution in [0.4, 0.5) is 20.2 Å². The van der Waals surface area contributed by atoms with E-state index < -0.39 is 29.1 Å². The fourth-order valence-corrected chi connectivity index (χ4v) is 2.95. The number of amides is 2. The minimum Gasteiger partial charge on any atom is -0.326 e. The van der Waals surface area contributed by atoms with E-state index in [0.717, 1.165) is 22.4 Å². The second kappa shape index (κ2) is 8.86. The van der Waals surface area contributed by atoms with Crippen LogP contribution >= 0.6 is 0 Å². The van der Waals surface area contributed by atoms with E-state index in [0.29, 0.717) is 23.0 Å². The Balaban J connectivity index is 1.91. The van der Waals surface area contributed by atoms with Crippen LogP contribution in [0.15, 0.2) is 53.3 Å². The van der Waals surface area contributed by atoms with Gasteiger partial charge in [-0.25, -0.2) is 13.5 Å². The Morgan fingerprint density at radius 3 is 2.32 bits per heavy atom. The average molecular weight is 426 g/mol. The monoisotopic (exact) mass is 426 g/mol. The number of hydrogen-bond acceptors (Lipinski definition) is 4. The van der Waals surface area contributed by atoms with Crippen LogP contribution in [0.2, 0.25) is 0 Å². The van der Waals surface area contributed by atoms with Gasteiger partial charge in [-0.05, 0) is 43.7 Å². The molecule has 0 aliphatic heterocycles. The normalized spacial score (nSPS) is 11.6. The first-order chi connectivity index (χ1) is 14.6. The Morgan fingerprint density at radius 2 is 1.68 bits per heavy atom. The molecule has 1 unspecified atom stereocenters. The van der Waals surface area contributed by atoms with E-state index in [9.17, 15) is 23.2 Å². The summed E-state index contributed by atoms with van der Waals surface area (Å²) in [6.45, 7) is 4.68. The molecule has 2 aromatic carbocycles. The predicted molar refractivity (Wildman–Crippen MR) is 113 cm³/mol. The Kier molecular flexibility index (Phi) is 6.24. The molecule has 0 radical (unpaired) electrons. The molecule has 1 heterocycles. The minimum absolute atomic E-state index is 0.0722. The van der Waals surface area contributed by atoms with Crippen molar-refractivity contribution in [2.24, 2.45) is 0 Å². The van der Waals surface area contributed by atoms with Crippen LogP contribution in [0.3, 0.4) is 0 Å². The van der Waals surface area contributed by atoms with Gasteiger partial charge in [-0.2, -0.15) is 5.10 Å². The van der Waals surface area contributed by atoms with E-state index in [4.69, 9.17) is 0 Å². The van der Waals surface area contributed by atoms with Gasteiger partial charge in [-0.1, -0.05) is 12.1 Å². The number of hydrogen-bond donors (Lipinski definition) is 2. The Hall–Kier alpha value is -3.88. The van der Waals surface area contributed by atoms with Crippen LogP contribution in [0.1, 0.15) is 25.5 Å². The zero-order valence-electron chi connectivity index (χ0n) is 17.1. The van der Waals surface area contributed by atoms with E-state index in [1.165, 1.54) is 26.0 Å². The highest BCUT2D eigenvalue weighted by Crippen LogP contribution is 2.24. The maximum Gasteiger partial charge on any atom is 0.267 e. The van der Waals surface area contributed by atoms with Crippen LogP contribution in [0, 0.1) is 18.6 Å². The molecular formula is C22H20F2N4O3. The zero-order chi connectivity index (χ0) is 22.7. The molecule has 0 aliphatic rings. The first kappa shape index (κ1) is 21.8. The Morgan fingerprint density at radius 1 is 1.00 bits per heavy atom. The van der Waals surface area contributed by atoms with Crippen molar-refractivity contribution in [1.29, 1.82) is 0 Å². The van der Waals surface area contributed by atoms with Gasteiger partial charge in [0, 0.05) is 36.0 Å². The number of anilines is 2. The average Bonchev–Trinajstić information content (AvgIpc) is 2.68. The van der Waals surface area contributed by atoms with E-state index in [-0.39, 0.29) is 11.6 Å². The molecular weight excluding hydrogens is 406 g/mol. The molecule has 3 aromatic rings. The van der Waals surface area contributed by atoms with Gasteiger partial charge in [-0.3, -0.25) is 14.4 Å². The summed E-state index contributed by atoms with van der Waals surface area (Å²) >= 11 is 0. The lowest BCUT2D eigenvalue weighted by atomic mass is 10.1. The summed E-state index contributed by atoms with van der Waals surface area (Å²) < 4.78 is 27.7. The van der Waals surface area contributed by atoms with E-state index >= 15 is 0 Å². The highest BCUT2D eigenvalue weighted by molar-refractivity contribution is 5.93. The summed E-state index contributed by atoms with van der Waals surface area (Å²) in [5.74, 6) is -2.57. The van der Waals surface area contributed by atoms with Gasteiger partial charge in [0.15, 0.2) is 0 Å². The fraction of sp³-hybridized carbons (Fsp3) is 0.182. The molecule has 3 rings (SSSR count). The lowest BCUT2D eigenvalue weighted by Crippen LogP contribution is -2.33. The maximum absolute atomic E-state index is 13.4. The molecule has 9 heteroatoms. The molecule has 2 amide bonds. The number of carbonyl (C=O) groups is 2. The quantitative estimate of drug-likeness (QED) is 0.651. The molecule has 1 aromatic heterocycles. The van der Waals surface area contributed by atoms with Gasteiger partial charge in [0.2, 0.25) is 11.8 Å². The van der Waals surface area contributed by atoms with Crippen molar-refractivity contribution in [2.45, 2.75) is 26.8 Å². The maximum atomic E-state index is 13.4. The topological polar surface area (TPSA) is 93.1 Å². The first-order valence-corrected chi connectivity index (χ1v) is 9.39. The predicted octanol–water partition coefficient (Wildman–Crippen LogP) is 3.66. The highest BCUT2D eigenvalue weighted by Gasteiger charge is 2.19. The first-order valence-electron chi connectivity index (χ1n) is 9.39. The van der Waals surface area contributed by atoms with Crippen LogP contribution in [-0.4, -0.2) is 21.6 Å². The van der Waals surface area contributed by atoms with Crippen molar-refractivity contribution in [3.8, 4) is 11.3 Å². The third-order valence-corrected chi connectivity index (χ3v) is 4.55. The van der Waals surface area contributed by atoms with Crippen LogP contribution in [-0.2, 0) is 9.59 Å². The van der Waals surface area contributed by atoms with E-state index in [1.54, 1.807) is 18.2 Å². The van der Waals surface area contributed by atoms with E-state index in [1.807, 2.05) is 6.92 Å². The van der Waals surface area contributed by atoms with Gasteiger partial charge >= 0.3 is 0 Å². The molecule has 0 bridgehead atoms. The summed E-state index contributed by atoms with van der Waals surface area (Å²) in [7, 11) is 0. The van der Waals surface area contributed by atoms with Gasteiger partial charge in [0.25, 0.3) is 5.56 Å². The highest BCUT2D eigenvalue weighted by atomic mass is 19.1. The lowest BCUT2D eigenvalue weighted by Gasteiger charge is -2.16. The van der Waals surface area contributed by atoms with Crippen molar-refractivity contribution in [2.75, 3.05) is 10.6 Å². The number of nitrogens with zero attached hydrogens (tertiary/aromatic N) is 2. The molecule has 0 aliphatic carbocycles. The summed E-state index contributed by atoms with van der Waals surface area (Å²) in [5, 5.41) is 9.38. The minimum atomic E-state index is -1.06. The number of aryl methyl sites for hydroxylation is 1. The Labute approximate surface area is 176 Å². The number of halogens is 2. The van der Waals surface area contributed by atoms with Gasteiger partial charge < -0.3 is 10.6 Å². The largest absolute Gasteiger partial charge is 0.326 e. The summed E-state index contributed by atoms with van der Waals surface area (Å²) in [6, 6.07) is 9.63.